The minimum Gasteiger partial charge on any atom is -0.444 e. The number of nitrogens with one attached hydrogen (secondary N) is 1. The number of aliphatic imine (C=N–C) groups is 1. The number of thiazole rings is 1. The maximum absolute atomic E-state index is 13.0. The van der Waals surface area contributed by atoms with Crippen molar-refractivity contribution in [2.24, 2.45) is 4.99 Å². The predicted octanol–water partition coefficient (Wildman–Crippen LogP) is 4.50. The first-order chi connectivity index (χ1) is 13.5. The maximum atomic E-state index is 13.0. The molecule has 0 saturated heterocycles. The Balaban J connectivity index is 0.00000300. The third-order valence-electron chi connectivity index (χ3n) is 4.03. The topological polar surface area (TPSA) is 66.6 Å². The number of oxazole rings is 1. The van der Waals surface area contributed by atoms with Crippen LogP contribution in [0.4, 0.5) is 4.39 Å². The summed E-state index contributed by atoms with van der Waals surface area (Å²) in [5, 5.41) is 6.44. The molecule has 6 nitrogen and oxygen atoms in total. The molecule has 0 aliphatic carbocycles. The van der Waals surface area contributed by atoms with Gasteiger partial charge in [0.25, 0.3) is 0 Å². The fraction of sp³-hybridized carbons (Fsp3) is 0.350. The molecule has 1 aromatic carbocycles. The molecule has 0 bridgehead atoms. The third kappa shape index (κ3) is 6.77. The molecule has 1 N–H and O–H groups in total. The van der Waals surface area contributed by atoms with Gasteiger partial charge in [-0.15, -0.1) is 35.3 Å². The molecule has 2 heterocycles. The van der Waals surface area contributed by atoms with E-state index in [1.54, 1.807) is 29.7 Å². The number of nitrogens with zero attached hydrogens (tertiary/aromatic N) is 4. The summed E-state index contributed by atoms with van der Waals surface area (Å²) in [6.07, 6.45) is 2.28. The molecule has 0 unspecified atom stereocenters. The summed E-state index contributed by atoms with van der Waals surface area (Å²) >= 11 is 1.65. The van der Waals surface area contributed by atoms with Crippen LogP contribution in [0.1, 0.15) is 23.3 Å². The molecule has 0 aliphatic rings. The Bertz CT molecular complexity index is 925. The van der Waals surface area contributed by atoms with Gasteiger partial charge in [0.1, 0.15) is 12.1 Å². The summed E-state index contributed by atoms with van der Waals surface area (Å²) in [6, 6.07) is 6.10. The standard InChI is InChI=1S/C20H24FN5OS.HI/c1-4-22-20(26(3)11-18-13-28-14(2)24-18)23-10-9-17-12-27-19(25-17)15-5-7-16(21)8-6-15;/h5-8,12-13H,4,9-11H2,1-3H3,(H,22,23);1H. The van der Waals surface area contributed by atoms with Gasteiger partial charge in [-0.3, -0.25) is 4.99 Å². The van der Waals surface area contributed by atoms with E-state index >= 15 is 0 Å². The minimum absolute atomic E-state index is 0. The molecule has 156 valence electrons. The molecule has 0 aliphatic heterocycles. The Labute approximate surface area is 191 Å². The first kappa shape index (κ1) is 23.3. The lowest BCUT2D eigenvalue weighted by Crippen LogP contribution is -2.38. The average Bonchev–Trinajstić information content (AvgIpc) is 3.31. The van der Waals surface area contributed by atoms with Crippen LogP contribution < -0.4 is 5.32 Å². The lowest BCUT2D eigenvalue weighted by atomic mass is 10.2. The second-order valence-electron chi connectivity index (χ2n) is 6.35. The molecule has 0 saturated carbocycles. The molecule has 0 fully saturated rings. The molecule has 0 radical (unpaired) electrons. The van der Waals surface area contributed by atoms with Gasteiger partial charge >= 0.3 is 0 Å². The number of guanidine groups is 1. The first-order valence-electron chi connectivity index (χ1n) is 9.16. The SMILES string of the molecule is CCNC(=NCCc1coc(-c2ccc(F)cc2)n1)N(C)Cc1csc(C)n1.I. The summed E-state index contributed by atoms with van der Waals surface area (Å²) in [5.41, 5.74) is 2.61. The summed E-state index contributed by atoms with van der Waals surface area (Å²) < 4.78 is 18.5. The van der Waals surface area contributed by atoms with Crippen LogP contribution in [-0.2, 0) is 13.0 Å². The minimum atomic E-state index is -0.280. The van der Waals surface area contributed by atoms with Gasteiger partial charge < -0.3 is 14.6 Å². The highest BCUT2D eigenvalue weighted by Crippen LogP contribution is 2.19. The van der Waals surface area contributed by atoms with Crippen LogP contribution in [0.15, 0.2) is 45.3 Å². The zero-order valence-electron chi connectivity index (χ0n) is 16.7. The number of hydrogen-bond acceptors (Lipinski definition) is 5. The highest BCUT2D eigenvalue weighted by Gasteiger charge is 2.10. The van der Waals surface area contributed by atoms with Gasteiger partial charge in [0.15, 0.2) is 5.96 Å². The molecule has 9 heteroatoms. The zero-order chi connectivity index (χ0) is 19.9. The average molecular weight is 529 g/mol. The van der Waals surface area contributed by atoms with Gasteiger partial charge in [0.2, 0.25) is 5.89 Å². The van der Waals surface area contributed by atoms with E-state index in [9.17, 15) is 4.39 Å². The van der Waals surface area contributed by atoms with Crippen molar-refractivity contribution in [2.75, 3.05) is 20.1 Å². The lowest BCUT2D eigenvalue weighted by Gasteiger charge is -2.21. The number of halogens is 2. The van der Waals surface area contributed by atoms with E-state index in [0.717, 1.165) is 34.5 Å². The van der Waals surface area contributed by atoms with Gasteiger partial charge in [-0.25, -0.2) is 14.4 Å². The van der Waals surface area contributed by atoms with Crippen LogP contribution >= 0.6 is 35.3 Å². The van der Waals surface area contributed by atoms with E-state index in [-0.39, 0.29) is 29.8 Å². The van der Waals surface area contributed by atoms with Crippen LogP contribution in [0.25, 0.3) is 11.5 Å². The molecular formula is C20H25FIN5OS. The van der Waals surface area contributed by atoms with Gasteiger partial charge in [-0.1, -0.05) is 0 Å². The fourth-order valence-corrected chi connectivity index (χ4v) is 3.30. The van der Waals surface area contributed by atoms with Crippen molar-refractivity contribution in [1.29, 1.82) is 0 Å². The second kappa shape index (κ2) is 11.2. The maximum Gasteiger partial charge on any atom is 0.226 e. The summed E-state index contributed by atoms with van der Waals surface area (Å²) in [4.78, 5) is 15.7. The van der Waals surface area contributed by atoms with Crippen molar-refractivity contribution in [3.05, 3.63) is 58.1 Å². The van der Waals surface area contributed by atoms with E-state index in [0.29, 0.717) is 25.4 Å². The van der Waals surface area contributed by atoms with Crippen LogP contribution in [0.2, 0.25) is 0 Å². The van der Waals surface area contributed by atoms with Gasteiger partial charge in [-0.05, 0) is 38.1 Å². The molecular weight excluding hydrogens is 504 g/mol. The Morgan fingerprint density at radius 1 is 1.24 bits per heavy atom. The molecule has 2 aromatic heterocycles. The summed E-state index contributed by atoms with van der Waals surface area (Å²) in [7, 11) is 2.00. The van der Waals surface area contributed by atoms with Crippen LogP contribution in [0.5, 0.6) is 0 Å². The molecule has 0 amide bonds. The Kier molecular flexibility index (Phi) is 9.02. The van der Waals surface area contributed by atoms with Crippen molar-refractivity contribution in [3.8, 4) is 11.5 Å². The molecule has 29 heavy (non-hydrogen) atoms. The van der Waals surface area contributed by atoms with Crippen LogP contribution in [-0.4, -0.2) is 41.0 Å². The van der Waals surface area contributed by atoms with Crippen molar-refractivity contribution in [2.45, 2.75) is 26.8 Å². The number of benzene rings is 1. The smallest absolute Gasteiger partial charge is 0.226 e. The number of aryl methyl sites for hydroxylation is 1. The second-order valence-corrected chi connectivity index (χ2v) is 7.41. The highest BCUT2D eigenvalue weighted by molar-refractivity contribution is 14.0. The van der Waals surface area contributed by atoms with Crippen molar-refractivity contribution in [1.82, 2.24) is 20.2 Å². The predicted molar refractivity (Wildman–Crippen MR) is 125 cm³/mol. The Morgan fingerprint density at radius 3 is 2.66 bits per heavy atom. The number of rotatable bonds is 7. The van der Waals surface area contributed by atoms with E-state index < -0.39 is 0 Å². The molecule has 0 atom stereocenters. The number of hydrogen-bond donors (Lipinski definition) is 1. The van der Waals surface area contributed by atoms with Gasteiger partial charge in [0, 0.05) is 37.5 Å². The van der Waals surface area contributed by atoms with Crippen molar-refractivity contribution >= 4 is 41.3 Å². The normalized spacial score (nSPS) is 11.2. The third-order valence-corrected chi connectivity index (χ3v) is 4.86. The van der Waals surface area contributed by atoms with E-state index in [1.165, 1.54) is 12.1 Å². The quantitative estimate of drug-likeness (QED) is 0.277. The highest BCUT2D eigenvalue weighted by atomic mass is 127. The van der Waals surface area contributed by atoms with E-state index in [2.05, 4.69) is 30.6 Å². The van der Waals surface area contributed by atoms with Gasteiger partial charge in [-0.2, -0.15) is 0 Å². The summed E-state index contributed by atoms with van der Waals surface area (Å²) in [5.74, 6) is 1.04. The largest absolute Gasteiger partial charge is 0.444 e. The number of aromatic nitrogens is 2. The Hall–Kier alpha value is -2.01. The zero-order valence-corrected chi connectivity index (χ0v) is 19.8. The summed E-state index contributed by atoms with van der Waals surface area (Å²) in [6.45, 7) is 6.12. The van der Waals surface area contributed by atoms with E-state index in [4.69, 9.17) is 4.42 Å². The van der Waals surface area contributed by atoms with E-state index in [1.807, 2.05) is 20.9 Å². The van der Waals surface area contributed by atoms with Crippen LogP contribution in [0, 0.1) is 12.7 Å². The fourth-order valence-electron chi connectivity index (χ4n) is 2.69. The molecule has 0 spiro atoms. The lowest BCUT2D eigenvalue weighted by molar-refractivity contribution is 0.471. The van der Waals surface area contributed by atoms with Gasteiger partial charge in [0.05, 0.1) is 22.9 Å². The monoisotopic (exact) mass is 529 g/mol. The molecule has 3 aromatic rings. The molecule has 3 rings (SSSR count). The van der Waals surface area contributed by atoms with Crippen molar-refractivity contribution < 1.29 is 8.81 Å². The Morgan fingerprint density at radius 2 is 2.00 bits per heavy atom. The van der Waals surface area contributed by atoms with Crippen molar-refractivity contribution in [3.63, 3.8) is 0 Å². The van der Waals surface area contributed by atoms with Crippen LogP contribution in [0.3, 0.4) is 0 Å². The first-order valence-corrected chi connectivity index (χ1v) is 10.0.